The Morgan fingerprint density at radius 1 is 1.09 bits per heavy atom. The molecule has 7 heteroatoms. The summed E-state index contributed by atoms with van der Waals surface area (Å²) in [4.78, 5) is 32.3. The lowest BCUT2D eigenvalue weighted by molar-refractivity contribution is -0.120. The van der Waals surface area contributed by atoms with Gasteiger partial charge in [0.05, 0.1) is 24.6 Å². The lowest BCUT2D eigenvalue weighted by Crippen LogP contribution is -2.29. The zero-order chi connectivity index (χ0) is 22.9. The number of hydrogen-bond acceptors (Lipinski definition) is 5. The molecule has 0 radical (unpaired) electrons. The number of aryl methyl sites for hydroxylation is 2. The molecule has 166 valence electrons. The summed E-state index contributed by atoms with van der Waals surface area (Å²) < 4.78 is 11.5. The molecule has 0 unspecified atom stereocenters. The Balaban J connectivity index is 1.50. The van der Waals surface area contributed by atoms with E-state index in [1.54, 1.807) is 18.8 Å². The molecule has 2 aromatic carbocycles. The summed E-state index contributed by atoms with van der Waals surface area (Å²) in [7, 11) is 0. The Morgan fingerprint density at radius 3 is 2.67 bits per heavy atom. The highest BCUT2D eigenvalue weighted by molar-refractivity contribution is 6.05. The van der Waals surface area contributed by atoms with E-state index in [2.05, 4.69) is 15.3 Å². The van der Waals surface area contributed by atoms with Crippen molar-refractivity contribution in [3.05, 3.63) is 88.0 Å². The van der Waals surface area contributed by atoms with Crippen LogP contribution in [0.4, 0.5) is 0 Å². The van der Waals surface area contributed by atoms with Crippen molar-refractivity contribution in [1.29, 1.82) is 0 Å². The van der Waals surface area contributed by atoms with Gasteiger partial charge < -0.3 is 19.1 Å². The molecule has 0 atom stereocenters. The number of rotatable bonds is 6. The van der Waals surface area contributed by atoms with Crippen LogP contribution in [0.3, 0.4) is 0 Å². The first-order valence-corrected chi connectivity index (χ1v) is 10.8. The van der Waals surface area contributed by atoms with E-state index in [1.165, 1.54) is 0 Å². The lowest BCUT2D eigenvalue weighted by atomic mass is 9.97. The van der Waals surface area contributed by atoms with Crippen LogP contribution in [0.15, 0.2) is 68.8 Å². The summed E-state index contributed by atoms with van der Waals surface area (Å²) in [5, 5.41) is 4.60. The molecule has 0 saturated carbocycles. The van der Waals surface area contributed by atoms with E-state index in [0.29, 0.717) is 29.7 Å². The largest absolute Gasteiger partial charge is 0.463 e. The second-order valence-electron chi connectivity index (χ2n) is 8.12. The molecule has 0 bridgehead atoms. The van der Waals surface area contributed by atoms with E-state index in [1.807, 2.05) is 50.2 Å². The van der Waals surface area contributed by atoms with Gasteiger partial charge in [0.15, 0.2) is 0 Å². The fourth-order valence-electron chi connectivity index (χ4n) is 4.22. The number of amides is 1. The number of carbonyl (C=O) groups is 1. The second-order valence-corrected chi connectivity index (χ2v) is 8.12. The summed E-state index contributed by atoms with van der Waals surface area (Å²) in [6.07, 6.45) is 5.64. The van der Waals surface area contributed by atoms with Gasteiger partial charge in [0.2, 0.25) is 5.91 Å². The molecule has 3 heterocycles. The first-order chi connectivity index (χ1) is 16.0. The summed E-state index contributed by atoms with van der Waals surface area (Å²) in [5.74, 6) is -0.227. The van der Waals surface area contributed by atoms with E-state index in [0.717, 1.165) is 38.7 Å². The topological polar surface area (TPSA) is 101 Å². The number of carbonyl (C=O) groups excluding carboxylic acids is 1. The lowest BCUT2D eigenvalue weighted by Gasteiger charge is -2.10. The quantitative estimate of drug-likeness (QED) is 0.379. The molecule has 7 nitrogen and oxygen atoms in total. The Morgan fingerprint density at radius 2 is 1.91 bits per heavy atom. The summed E-state index contributed by atoms with van der Waals surface area (Å²) in [5.41, 5.74) is 5.50. The van der Waals surface area contributed by atoms with Crippen LogP contribution < -0.4 is 10.9 Å². The molecule has 0 saturated heterocycles. The number of nitrogens with one attached hydrogen (secondary N) is 2. The van der Waals surface area contributed by atoms with Crippen molar-refractivity contribution in [2.45, 2.75) is 26.7 Å². The molecule has 3 aromatic heterocycles. The number of aromatic amines is 1. The van der Waals surface area contributed by atoms with E-state index in [4.69, 9.17) is 8.83 Å². The van der Waals surface area contributed by atoms with Crippen molar-refractivity contribution in [2.75, 3.05) is 6.54 Å². The van der Waals surface area contributed by atoms with E-state index >= 15 is 0 Å². The third kappa shape index (κ3) is 3.82. The summed E-state index contributed by atoms with van der Waals surface area (Å²) >= 11 is 0. The first-order valence-electron chi connectivity index (χ1n) is 10.8. The third-order valence-electron chi connectivity index (χ3n) is 6.04. The van der Waals surface area contributed by atoms with Crippen LogP contribution in [0.2, 0.25) is 0 Å². The zero-order valence-electron chi connectivity index (χ0n) is 18.4. The summed E-state index contributed by atoms with van der Waals surface area (Å²) in [6, 6.07) is 12.0. The van der Waals surface area contributed by atoms with Gasteiger partial charge >= 0.3 is 5.63 Å². The molecule has 1 amide bonds. The maximum absolute atomic E-state index is 12.8. The molecule has 0 fully saturated rings. The minimum Gasteiger partial charge on any atom is -0.463 e. The Hall–Kier alpha value is -4.13. The third-order valence-corrected chi connectivity index (χ3v) is 6.04. The number of fused-ring (bicyclic) bond motifs is 2. The van der Waals surface area contributed by atoms with Crippen molar-refractivity contribution in [3.8, 4) is 11.1 Å². The Kier molecular flexibility index (Phi) is 5.30. The SMILES string of the molecule is Cc1c(CC(=O)NCCc2cnc[nH]2)c(=O)oc2c(C)c3occ(-c4ccccc4)c3cc12. The second kappa shape index (κ2) is 8.43. The van der Waals surface area contributed by atoms with Crippen LogP contribution >= 0.6 is 0 Å². The highest BCUT2D eigenvalue weighted by Gasteiger charge is 2.20. The molecule has 2 N–H and O–H groups in total. The first kappa shape index (κ1) is 20.8. The minimum absolute atomic E-state index is 0.0406. The predicted molar refractivity (Wildman–Crippen MR) is 126 cm³/mol. The standard InChI is InChI=1S/C26H23N3O4/c1-15-19-10-21-22(17-6-4-3-5-7-17)13-32-24(21)16(2)25(19)33-26(31)20(15)11-23(30)28-9-8-18-12-27-14-29-18/h3-7,10,12-14H,8-9,11H2,1-2H3,(H,27,29)(H,28,30). The number of benzene rings is 2. The fraction of sp³-hybridized carbons (Fsp3) is 0.192. The van der Waals surface area contributed by atoms with Gasteiger partial charge in [-0.3, -0.25) is 4.79 Å². The van der Waals surface area contributed by atoms with Crippen molar-refractivity contribution < 1.29 is 13.6 Å². The number of aromatic nitrogens is 2. The van der Waals surface area contributed by atoms with Crippen LogP contribution in [0.5, 0.6) is 0 Å². The number of furan rings is 1. The van der Waals surface area contributed by atoms with Crippen LogP contribution in [0, 0.1) is 13.8 Å². The van der Waals surface area contributed by atoms with Crippen LogP contribution in [-0.2, 0) is 17.6 Å². The Labute approximate surface area is 189 Å². The van der Waals surface area contributed by atoms with E-state index in [-0.39, 0.29) is 12.3 Å². The molecular weight excluding hydrogens is 418 g/mol. The average molecular weight is 441 g/mol. The molecule has 33 heavy (non-hydrogen) atoms. The van der Waals surface area contributed by atoms with Gasteiger partial charge in [-0.25, -0.2) is 9.78 Å². The van der Waals surface area contributed by atoms with E-state index < -0.39 is 5.63 Å². The molecule has 0 aliphatic heterocycles. The number of imidazole rings is 1. The van der Waals surface area contributed by atoms with Crippen LogP contribution in [0.25, 0.3) is 33.1 Å². The maximum Gasteiger partial charge on any atom is 0.340 e. The van der Waals surface area contributed by atoms with E-state index in [9.17, 15) is 9.59 Å². The maximum atomic E-state index is 12.8. The molecule has 0 spiro atoms. The molecule has 0 aliphatic rings. The highest BCUT2D eigenvalue weighted by atomic mass is 16.4. The van der Waals surface area contributed by atoms with Crippen molar-refractivity contribution in [1.82, 2.24) is 15.3 Å². The highest BCUT2D eigenvalue weighted by Crippen LogP contribution is 2.37. The van der Waals surface area contributed by atoms with Gasteiger partial charge in [-0.1, -0.05) is 30.3 Å². The number of H-pyrrole nitrogens is 1. The number of nitrogens with zero attached hydrogens (tertiary/aromatic N) is 1. The van der Waals surface area contributed by atoms with Gasteiger partial charge in [-0.05, 0) is 31.0 Å². The van der Waals surface area contributed by atoms with Gasteiger partial charge in [0.25, 0.3) is 0 Å². The van der Waals surface area contributed by atoms with Crippen LogP contribution in [-0.4, -0.2) is 22.4 Å². The van der Waals surface area contributed by atoms with Gasteiger partial charge in [-0.2, -0.15) is 0 Å². The fourth-order valence-corrected chi connectivity index (χ4v) is 4.22. The zero-order valence-corrected chi connectivity index (χ0v) is 18.4. The van der Waals surface area contributed by atoms with Crippen molar-refractivity contribution in [3.63, 3.8) is 0 Å². The van der Waals surface area contributed by atoms with Crippen molar-refractivity contribution in [2.24, 2.45) is 0 Å². The van der Waals surface area contributed by atoms with Gasteiger partial charge in [-0.15, -0.1) is 0 Å². The van der Waals surface area contributed by atoms with Gasteiger partial charge in [0.1, 0.15) is 11.2 Å². The molecule has 5 rings (SSSR count). The molecule has 0 aliphatic carbocycles. The Bertz CT molecular complexity index is 1510. The minimum atomic E-state index is -0.499. The average Bonchev–Trinajstić information content (AvgIpc) is 3.48. The number of hydrogen-bond donors (Lipinski definition) is 2. The van der Waals surface area contributed by atoms with Crippen LogP contribution in [0.1, 0.15) is 22.4 Å². The monoisotopic (exact) mass is 441 g/mol. The molecule has 5 aromatic rings. The molecular formula is C26H23N3O4. The van der Waals surface area contributed by atoms with Gasteiger partial charge in [0, 0.05) is 46.8 Å². The predicted octanol–water partition coefficient (Wildman–Crippen LogP) is 4.45. The summed E-state index contributed by atoms with van der Waals surface area (Å²) in [6.45, 7) is 4.20. The smallest absolute Gasteiger partial charge is 0.340 e. The van der Waals surface area contributed by atoms with Crippen molar-refractivity contribution >= 4 is 27.8 Å². The normalized spacial score (nSPS) is 11.3.